The number of halogens is 1. The lowest BCUT2D eigenvalue weighted by Gasteiger charge is -1.99. The first-order chi connectivity index (χ1) is 7.33. The fourth-order valence-corrected chi connectivity index (χ4v) is 2.11. The summed E-state index contributed by atoms with van der Waals surface area (Å²) >= 11 is 1.63. The van der Waals surface area contributed by atoms with Gasteiger partial charge in [-0.25, -0.2) is 4.98 Å². The van der Waals surface area contributed by atoms with E-state index in [4.69, 9.17) is 0 Å². The summed E-state index contributed by atoms with van der Waals surface area (Å²) in [6, 6.07) is 8.59. The van der Waals surface area contributed by atoms with E-state index in [2.05, 4.69) is 46.9 Å². The van der Waals surface area contributed by atoms with Gasteiger partial charge in [0.05, 0.1) is 5.69 Å². The zero-order valence-corrected chi connectivity index (χ0v) is 11.0. The van der Waals surface area contributed by atoms with Gasteiger partial charge in [-0.2, -0.15) is 0 Å². The normalized spacial score (nSPS) is 9.62. The maximum Gasteiger partial charge on any atom is 0.182 e. The number of benzene rings is 1. The molecule has 2 aromatic rings. The number of nitrogens with zero attached hydrogens (tertiary/aromatic N) is 1. The average molecular weight is 255 g/mol. The Kier molecular flexibility index (Phi) is 4.77. The zero-order chi connectivity index (χ0) is 10.7. The summed E-state index contributed by atoms with van der Waals surface area (Å²) in [5.41, 5.74) is 3.60. The number of nitrogens with one attached hydrogen (secondary N) is 1. The molecule has 0 saturated carbocycles. The number of anilines is 1. The molecule has 1 aromatic carbocycles. The second-order valence-corrected chi connectivity index (χ2v) is 4.20. The van der Waals surface area contributed by atoms with E-state index in [-0.39, 0.29) is 12.4 Å². The lowest BCUT2D eigenvalue weighted by molar-refractivity contribution is 1.14. The SMILES string of the molecule is CCc1ccc(-c2csc(NC)n2)cc1.Cl. The highest BCUT2D eigenvalue weighted by molar-refractivity contribution is 7.14. The fraction of sp³-hybridized carbons (Fsp3) is 0.250. The van der Waals surface area contributed by atoms with E-state index in [1.54, 1.807) is 11.3 Å². The summed E-state index contributed by atoms with van der Waals surface area (Å²) in [5, 5.41) is 6.09. The Morgan fingerprint density at radius 3 is 2.44 bits per heavy atom. The smallest absolute Gasteiger partial charge is 0.182 e. The van der Waals surface area contributed by atoms with Crippen molar-refractivity contribution in [2.45, 2.75) is 13.3 Å². The van der Waals surface area contributed by atoms with Crippen molar-refractivity contribution >= 4 is 28.9 Å². The molecule has 2 rings (SSSR count). The summed E-state index contributed by atoms with van der Waals surface area (Å²) < 4.78 is 0. The van der Waals surface area contributed by atoms with Crippen molar-refractivity contribution in [1.29, 1.82) is 0 Å². The molecule has 1 aromatic heterocycles. The van der Waals surface area contributed by atoms with Crippen LogP contribution in [0.2, 0.25) is 0 Å². The van der Waals surface area contributed by atoms with Crippen molar-refractivity contribution in [3.63, 3.8) is 0 Å². The molecule has 4 heteroatoms. The van der Waals surface area contributed by atoms with Crippen LogP contribution in [0.25, 0.3) is 11.3 Å². The monoisotopic (exact) mass is 254 g/mol. The van der Waals surface area contributed by atoms with E-state index in [0.29, 0.717) is 0 Å². The van der Waals surface area contributed by atoms with Crippen LogP contribution in [-0.2, 0) is 6.42 Å². The number of rotatable bonds is 3. The van der Waals surface area contributed by atoms with Crippen LogP contribution in [0.5, 0.6) is 0 Å². The van der Waals surface area contributed by atoms with E-state index >= 15 is 0 Å². The minimum Gasteiger partial charge on any atom is -0.365 e. The van der Waals surface area contributed by atoms with Crippen LogP contribution in [-0.4, -0.2) is 12.0 Å². The molecular weight excluding hydrogens is 240 g/mol. The molecule has 0 bridgehead atoms. The highest BCUT2D eigenvalue weighted by Gasteiger charge is 2.02. The number of hydrogen-bond donors (Lipinski definition) is 1. The standard InChI is InChI=1S/C12H14N2S.ClH/c1-3-9-4-6-10(7-5-9)11-8-15-12(13-2)14-11;/h4-8H,3H2,1-2H3,(H,13,14);1H. The maximum absolute atomic E-state index is 4.46. The summed E-state index contributed by atoms with van der Waals surface area (Å²) in [6.45, 7) is 2.16. The Morgan fingerprint density at radius 2 is 1.94 bits per heavy atom. The molecule has 0 atom stereocenters. The molecule has 0 amide bonds. The highest BCUT2D eigenvalue weighted by atomic mass is 35.5. The van der Waals surface area contributed by atoms with E-state index in [9.17, 15) is 0 Å². The Labute approximate surface area is 106 Å². The van der Waals surface area contributed by atoms with Crippen LogP contribution in [0.3, 0.4) is 0 Å². The third-order valence-electron chi connectivity index (χ3n) is 2.38. The van der Waals surface area contributed by atoms with Gasteiger partial charge in [0.1, 0.15) is 0 Å². The minimum atomic E-state index is 0. The molecule has 16 heavy (non-hydrogen) atoms. The first-order valence-corrected chi connectivity index (χ1v) is 5.94. The minimum absolute atomic E-state index is 0. The number of aromatic nitrogens is 1. The van der Waals surface area contributed by atoms with Crippen molar-refractivity contribution in [2.75, 3.05) is 12.4 Å². The maximum atomic E-state index is 4.46. The van der Waals surface area contributed by atoms with Gasteiger partial charge in [0.2, 0.25) is 0 Å². The third kappa shape index (κ3) is 2.74. The number of thiazole rings is 1. The van der Waals surface area contributed by atoms with Gasteiger partial charge in [0.25, 0.3) is 0 Å². The van der Waals surface area contributed by atoms with Gasteiger partial charge in [0, 0.05) is 18.0 Å². The molecule has 0 aliphatic heterocycles. The molecule has 0 aliphatic rings. The third-order valence-corrected chi connectivity index (χ3v) is 3.24. The van der Waals surface area contributed by atoms with Gasteiger partial charge < -0.3 is 5.32 Å². The Balaban J connectivity index is 0.00000128. The highest BCUT2D eigenvalue weighted by Crippen LogP contribution is 2.24. The van der Waals surface area contributed by atoms with Gasteiger partial charge in [-0.1, -0.05) is 31.2 Å². The van der Waals surface area contributed by atoms with Crippen molar-refractivity contribution in [2.24, 2.45) is 0 Å². The molecule has 0 fully saturated rings. The molecule has 0 aliphatic carbocycles. The summed E-state index contributed by atoms with van der Waals surface area (Å²) in [6.07, 6.45) is 1.08. The number of hydrogen-bond acceptors (Lipinski definition) is 3. The van der Waals surface area contributed by atoms with E-state index in [1.807, 2.05) is 7.05 Å². The Hall–Kier alpha value is -1.06. The van der Waals surface area contributed by atoms with Gasteiger partial charge >= 0.3 is 0 Å². The van der Waals surface area contributed by atoms with Gasteiger partial charge in [-0.3, -0.25) is 0 Å². The van der Waals surface area contributed by atoms with E-state index in [1.165, 1.54) is 11.1 Å². The van der Waals surface area contributed by atoms with Crippen LogP contribution in [0, 0.1) is 0 Å². The fourth-order valence-electron chi connectivity index (χ4n) is 1.43. The second kappa shape index (κ2) is 5.87. The second-order valence-electron chi connectivity index (χ2n) is 3.34. The Bertz CT molecular complexity index is 437. The molecule has 0 spiro atoms. The van der Waals surface area contributed by atoms with Crippen LogP contribution in [0.4, 0.5) is 5.13 Å². The van der Waals surface area contributed by atoms with Crippen LogP contribution in [0.1, 0.15) is 12.5 Å². The summed E-state index contributed by atoms with van der Waals surface area (Å²) in [4.78, 5) is 4.46. The average Bonchev–Trinajstić information content (AvgIpc) is 2.78. The first kappa shape index (κ1) is 13.0. The van der Waals surface area contributed by atoms with Crippen molar-refractivity contribution in [1.82, 2.24) is 4.98 Å². The topological polar surface area (TPSA) is 24.9 Å². The van der Waals surface area contributed by atoms with Crippen molar-refractivity contribution in [3.05, 3.63) is 35.2 Å². The Morgan fingerprint density at radius 1 is 1.25 bits per heavy atom. The number of aryl methyl sites for hydroxylation is 1. The molecule has 0 radical (unpaired) electrons. The molecule has 0 saturated heterocycles. The molecule has 0 unspecified atom stereocenters. The summed E-state index contributed by atoms with van der Waals surface area (Å²) in [5.74, 6) is 0. The van der Waals surface area contributed by atoms with Crippen molar-refractivity contribution in [3.8, 4) is 11.3 Å². The lowest BCUT2D eigenvalue weighted by Crippen LogP contribution is -1.86. The summed E-state index contributed by atoms with van der Waals surface area (Å²) in [7, 11) is 1.89. The largest absolute Gasteiger partial charge is 0.365 e. The van der Waals surface area contributed by atoms with E-state index < -0.39 is 0 Å². The first-order valence-electron chi connectivity index (χ1n) is 5.06. The predicted octanol–water partition coefficient (Wildman–Crippen LogP) is 3.84. The predicted molar refractivity (Wildman–Crippen MR) is 73.7 cm³/mol. The molecule has 1 N–H and O–H groups in total. The molecular formula is C12H15ClN2S. The molecule has 2 nitrogen and oxygen atoms in total. The quantitative estimate of drug-likeness (QED) is 0.900. The molecule has 1 heterocycles. The van der Waals surface area contributed by atoms with Gasteiger partial charge in [-0.15, -0.1) is 23.7 Å². The van der Waals surface area contributed by atoms with Crippen LogP contribution in [0.15, 0.2) is 29.6 Å². The van der Waals surface area contributed by atoms with Crippen molar-refractivity contribution < 1.29 is 0 Å². The zero-order valence-electron chi connectivity index (χ0n) is 9.36. The van der Waals surface area contributed by atoms with Crippen LogP contribution >= 0.6 is 23.7 Å². The molecule has 86 valence electrons. The van der Waals surface area contributed by atoms with Gasteiger partial charge in [0.15, 0.2) is 5.13 Å². The van der Waals surface area contributed by atoms with E-state index in [0.717, 1.165) is 17.2 Å². The lowest BCUT2D eigenvalue weighted by atomic mass is 10.1. The van der Waals surface area contributed by atoms with Gasteiger partial charge in [-0.05, 0) is 12.0 Å². The van der Waals surface area contributed by atoms with Crippen LogP contribution < -0.4 is 5.32 Å².